The van der Waals surface area contributed by atoms with E-state index in [0.29, 0.717) is 20.0 Å². The molecule has 2 aliphatic heterocycles. The highest BCUT2D eigenvalue weighted by atomic mass is 16.7. The van der Waals surface area contributed by atoms with Crippen LogP contribution in [0.15, 0.2) is 18.2 Å². The molecule has 5 heteroatoms. The monoisotopic (exact) mass is 279 g/mol. The smallest absolute Gasteiger partial charge is 0.231 e. The molecule has 3 rings (SSSR count). The summed E-state index contributed by atoms with van der Waals surface area (Å²) in [6.45, 7) is 7.61. The Balaban J connectivity index is 1.61. The van der Waals surface area contributed by atoms with Gasteiger partial charge in [0, 0.05) is 6.04 Å². The van der Waals surface area contributed by atoms with Crippen LogP contribution >= 0.6 is 0 Å². The third-order valence-corrected chi connectivity index (χ3v) is 3.65. The predicted molar refractivity (Wildman–Crippen MR) is 73.9 cm³/mol. The van der Waals surface area contributed by atoms with E-state index < -0.39 is 5.79 Å². The van der Waals surface area contributed by atoms with Gasteiger partial charge in [0.15, 0.2) is 17.3 Å². The van der Waals surface area contributed by atoms with Crippen LogP contribution in [0.5, 0.6) is 11.5 Å². The number of ether oxygens (including phenoxy) is 4. The van der Waals surface area contributed by atoms with Crippen LogP contribution in [0.3, 0.4) is 0 Å². The van der Waals surface area contributed by atoms with Gasteiger partial charge in [-0.3, -0.25) is 0 Å². The molecule has 0 radical (unpaired) electrons. The van der Waals surface area contributed by atoms with Crippen LogP contribution in [0.2, 0.25) is 0 Å². The minimum absolute atomic E-state index is 0.197. The molecular formula is C15H21NO4. The Morgan fingerprint density at radius 2 is 1.85 bits per heavy atom. The molecule has 1 fully saturated rings. The van der Waals surface area contributed by atoms with Crippen LogP contribution in [-0.2, 0) is 9.47 Å². The van der Waals surface area contributed by atoms with E-state index in [4.69, 9.17) is 18.9 Å². The van der Waals surface area contributed by atoms with Crippen molar-refractivity contribution < 1.29 is 18.9 Å². The van der Waals surface area contributed by atoms with E-state index in [1.54, 1.807) is 0 Å². The first-order valence-electron chi connectivity index (χ1n) is 6.97. The molecule has 0 amide bonds. The second kappa shape index (κ2) is 5.24. The predicted octanol–water partition coefficient (Wildman–Crippen LogP) is 2.22. The van der Waals surface area contributed by atoms with Gasteiger partial charge < -0.3 is 24.3 Å². The molecule has 20 heavy (non-hydrogen) atoms. The van der Waals surface area contributed by atoms with Gasteiger partial charge in [0.1, 0.15) is 0 Å². The maximum atomic E-state index is 5.66. The molecule has 0 aliphatic carbocycles. The first-order chi connectivity index (χ1) is 9.53. The summed E-state index contributed by atoms with van der Waals surface area (Å²) in [6, 6.07) is 6.42. The zero-order valence-electron chi connectivity index (χ0n) is 12.1. The Hall–Kier alpha value is -1.30. The van der Waals surface area contributed by atoms with Crippen molar-refractivity contribution in [1.29, 1.82) is 0 Å². The van der Waals surface area contributed by atoms with E-state index in [-0.39, 0.29) is 12.1 Å². The van der Waals surface area contributed by atoms with Crippen LogP contribution in [0.4, 0.5) is 0 Å². The van der Waals surface area contributed by atoms with Crippen molar-refractivity contribution in [2.45, 2.75) is 38.6 Å². The summed E-state index contributed by atoms with van der Waals surface area (Å²) in [4.78, 5) is 0. The molecule has 2 heterocycles. The molecule has 0 bridgehead atoms. The van der Waals surface area contributed by atoms with Crippen LogP contribution in [-0.4, -0.2) is 31.8 Å². The third-order valence-electron chi connectivity index (χ3n) is 3.65. The Morgan fingerprint density at radius 3 is 2.60 bits per heavy atom. The number of benzene rings is 1. The maximum Gasteiger partial charge on any atom is 0.231 e. The molecule has 1 unspecified atom stereocenters. The lowest BCUT2D eigenvalue weighted by Gasteiger charge is -2.36. The van der Waals surface area contributed by atoms with Gasteiger partial charge in [0.05, 0.1) is 19.3 Å². The van der Waals surface area contributed by atoms with Crippen molar-refractivity contribution in [1.82, 2.24) is 5.32 Å². The van der Waals surface area contributed by atoms with Gasteiger partial charge in [-0.05, 0) is 38.5 Å². The van der Waals surface area contributed by atoms with E-state index in [1.807, 2.05) is 26.0 Å². The zero-order valence-corrected chi connectivity index (χ0v) is 12.1. The van der Waals surface area contributed by atoms with Crippen molar-refractivity contribution in [3.8, 4) is 11.5 Å². The maximum absolute atomic E-state index is 5.66. The van der Waals surface area contributed by atoms with Crippen molar-refractivity contribution in [2.75, 3.05) is 20.0 Å². The number of nitrogens with one attached hydrogen (secondary N) is 1. The molecule has 2 aliphatic rings. The number of hydrogen-bond acceptors (Lipinski definition) is 5. The standard InChI is InChI=1S/C15H21NO4/c1-10(16-12-7-19-15(2,3)20-8-12)11-4-5-13-14(6-11)18-9-17-13/h4-6,10,12,16H,7-9H2,1-3H3. The summed E-state index contributed by atoms with van der Waals surface area (Å²) in [5.74, 6) is 1.15. The molecule has 1 saturated heterocycles. The summed E-state index contributed by atoms with van der Waals surface area (Å²) in [7, 11) is 0. The average molecular weight is 279 g/mol. The van der Waals surface area contributed by atoms with Gasteiger partial charge >= 0.3 is 0 Å². The van der Waals surface area contributed by atoms with Crippen LogP contribution in [0.25, 0.3) is 0 Å². The molecular weight excluding hydrogens is 258 g/mol. The number of hydrogen-bond donors (Lipinski definition) is 1. The van der Waals surface area contributed by atoms with Gasteiger partial charge in [0.25, 0.3) is 0 Å². The highest BCUT2D eigenvalue weighted by molar-refractivity contribution is 5.45. The summed E-state index contributed by atoms with van der Waals surface area (Å²) >= 11 is 0. The normalized spacial score (nSPS) is 22.8. The molecule has 1 aromatic rings. The van der Waals surface area contributed by atoms with Gasteiger partial charge in [0.2, 0.25) is 6.79 Å². The lowest BCUT2D eigenvalue weighted by molar-refractivity contribution is -0.253. The Bertz CT molecular complexity index is 479. The first kappa shape index (κ1) is 13.7. The molecule has 110 valence electrons. The van der Waals surface area contributed by atoms with Crippen molar-refractivity contribution >= 4 is 0 Å². The van der Waals surface area contributed by atoms with Crippen LogP contribution in [0, 0.1) is 0 Å². The van der Waals surface area contributed by atoms with Crippen molar-refractivity contribution in [3.05, 3.63) is 23.8 Å². The first-order valence-corrected chi connectivity index (χ1v) is 6.97. The molecule has 1 N–H and O–H groups in total. The van der Waals surface area contributed by atoms with Gasteiger partial charge in [-0.25, -0.2) is 0 Å². The topological polar surface area (TPSA) is 49.0 Å². The minimum atomic E-state index is -0.472. The summed E-state index contributed by atoms with van der Waals surface area (Å²) < 4.78 is 22.0. The molecule has 5 nitrogen and oxygen atoms in total. The Morgan fingerprint density at radius 1 is 1.15 bits per heavy atom. The fourth-order valence-corrected chi connectivity index (χ4v) is 2.42. The van der Waals surface area contributed by atoms with E-state index >= 15 is 0 Å². The van der Waals surface area contributed by atoms with Crippen LogP contribution in [0.1, 0.15) is 32.4 Å². The molecule has 1 aromatic carbocycles. The van der Waals surface area contributed by atoms with Gasteiger partial charge in [-0.15, -0.1) is 0 Å². The fourth-order valence-electron chi connectivity index (χ4n) is 2.42. The van der Waals surface area contributed by atoms with Gasteiger partial charge in [-0.2, -0.15) is 0 Å². The second-order valence-electron chi connectivity index (χ2n) is 5.72. The fraction of sp³-hybridized carbons (Fsp3) is 0.600. The summed E-state index contributed by atoms with van der Waals surface area (Å²) in [5.41, 5.74) is 1.17. The zero-order chi connectivity index (χ0) is 14.2. The van der Waals surface area contributed by atoms with Crippen molar-refractivity contribution in [2.24, 2.45) is 0 Å². The average Bonchev–Trinajstić information content (AvgIpc) is 2.88. The minimum Gasteiger partial charge on any atom is -0.454 e. The van der Waals surface area contributed by atoms with Gasteiger partial charge in [-0.1, -0.05) is 6.07 Å². The second-order valence-corrected chi connectivity index (χ2v) is 5.72. The number of fused-ring (bicyclic) bond motifs is 1. The quantitative estimate of drug-likeness (QED) is 0.919. The lowest BCUT2D eigenvalue weighted by atomic mass is 10.1. The molecule has 0 aromatic heterocycles. The SMILES string of the molecule is CC(NC1COC(C)(C)OC1)c1ccc2c(c1)OCO2. The largest absolute Gasteiger partial charge is 0.454 e. The molecule has 0 saturated carbocycles. The number of rotatable bonds is 3. The molecule has 0 spiro atoms. The lowest BCUT2D eigenvalue weighted by Crippen LogP contribution is -2.49. The highest BCUT2D eigenvalue weighted by Gasteiger charge is 2.29. The Kier molecular flexibility index (Phi) is 3.58. The van der Waals surface area contributed by atoms with E-state index in [9.17, 15) is 0 Å². The highest BCUT2D eigenvalue weighted by Crippen LogP contribution is 2.34. The van der Waals surface area contributed by atoms with E-state index in [0.717, 1.165) is 11.5 Å². The third kappa shape index (κ3) is 2.90. The Labute approximate surface area is 119 Å². The molecule has 1 atom stereocenters. The van der Waals surface area contributed by atoms with Crippen LogP contribution < -0.4 is 14.8 Å². The van der Waals surface area contributed by atoms with E-state index in [1.165, 1.54) is 5.56 Å². The van der Waals surface area contributed by atoms with Crippen molar-refractivity contribution in [3.63, 3.8) is 0 Å². The summed E-state index contributed by atoms with van der Waals surface area (Å²) in [6.07, 6.45) is 0. The van der Waals surface area contributed by atoms with E-state index in [2.05, 4.69) is 18.3 Å². The summed E-state index contributed by atoms with van der Waals surface area (Å²) in [5, 5.41) is 3.52.